The van der Waals surface area contributed by atoms with E-state index in [2.05, 4.69) is 36.1 Å². The number of aryl methyl sites for hydroxylation is 1. The van der Waals surface area contributed by atoms with Crippen LogP contribution in [0.2, 0.25) is 0 Å². The van der Waals surface area contributed by atoms with E-state index in [1.165, 1.54) is 6.42 Å². The highest BCUT2D eigenvalue weighted by Gasteiger charge is 2.19. The minimum atomic E-state index is -0.284. The van der Waals surface area contributed by atoms with Crippen LogP contribution >= 0.6 is 0 Å². The van der Waals surface area contributed by atoms with Crippen molar-refractivity contribution in [1.82, 2.24) is 20.3 Å². The number of aromatic hydroxyl groups is 1. The lowest BCUT2D eigenvalue weighted by molar-refractivity contribution is 0.102. The summed E-state index contributed by atoms with van der Waals surface area (Å²) >= 11 is 0. The molecule has 1 amide bonds. The number of phenols is 1. The number of amides is 1. The normalized spacial score (nSPS) is 16.3. The second-order valence-electron chi connectivity index (χ2n) is 9.68. The summed E-state index contributed by atoms with van der Waals surface area (Å²) in [6, 6.07) is 12.6. The SMILES string of the molecule is Cc1ccc(C(=O)Nc2ccc(Nc3nc(NC4CCNCC4)nc(N4CCCCC4)n3)cc2O)cc1. The Labute approximate surface area is 216 Å². The number of phenolic OH excluding ortho intramolecular Hbond substituents is 1. The summed E-state index contributed by atoms with van der Waals surface area (Å²) < 4.78 is 0. The number of carbonyl (C=O) groups is 1. The first-order valence-electron chi connectivity index (χ1n) is 13.0. The number of aromatic nitrogens is 3. The van der Waals surface area contributed by atoms with E-state index < -0.39 is 0 Å². The fourth-order valence-corrected chi connectivity index (χ4v) is 4.61. The number of benzene rings is 2. The van der Waals surface area contributed by atoms with E-state index in [-0.39, 0.29) is 11.7 Å². The highest BCUT2D eigenvalue weighted by atomic mass is 16.3. The quantitative estimate of drug-likeness (QED) is 0.304. The number of piperidine rings is 2. The molecule has 3 aromatic rings. The zero-order valence-electron chi connectivity index (χ0n) is 21.1. The molecule has 5 rings (SSSR count). The fraction of sp³-hybridized carbons (Fsp3) is 0.407. The molecule has 2 fully saturated rings. The summed E-state index contributed by atoms with van der Waals surface area (Å²) in [5, 5.41) is 23.4. The van der Waals surface area contributed by atoms with Crippen molar-refractivity contribution in [1.29, 1.82) is 0 Å². The van der Waals surface area contributed by atoms with E-state index in [9.17, 15) is 9.90 Å². The molecule has 0 spiro atoms. The third kappa shape index (κ3) is 6.45. The number of nitrogens with zero attached hydrogens (tertiary/aromatic N) is 4. The van der Waals surface area contributed by atoms with Crippen LogP contribution in [0.3, 0.4) is 0 Å². The first kappa shape index (κ1) is 24.8. The lowest BCUT2D eigenvalue weighted by atomic mass is 10.1. The standard InChI is InChI=1S/C27H34N8O2/c1-18-5-7-19(8-6-18)24(37)31-22-10-9-21(17-23(22)36)30-26-32-25(29-20-11-13-28-14-12-20)33-27(34-26)35-15-3-2-4-16-35/h5-10,17,20,28,36H,2-4,11-16H2,1H3,(H,31,37)(H2,29,30,32,33,34). The predicted molar refractivity (Wildman–Crippen MR) is 146 cm³/mol. The lowest BCUT2D eigenvalue weighted by Gasteiger charge is -2.28. The van der Waals surface area contributed by atoms with E-state index >= 15 is 0 Å². The van der Waals surface area contributed by atoms with E-state index in [0.717, 1.165) is 57.4 Å². The Bertz CT molecular complexity index is 1220. The van der Waals surface area contributed by atoms with Crippen LogP contribution in [0.15, 0.2) is 42.5 Å². The largest absolute Gasteiger partial charge is 0.506 e. The molecule has 5 N–H and O–H groups in total. The van der Waals surface area contributed by atoms with Gasteiger partial charge in [-0.15, -0.1) is 0 Å². The van der Waals surface area contributed by atoms with Gasteiger partial charge in [-0.1, -0.05) is 17.7 Å². The van der Waals surface area contributed by atoms with Crippen LogP contribution in [0.5, 0.6) is 5.75 Å². The minimum Gasteiger partial charge on any atom is -0.506 e. The Kier molecular flexibility index (Phi) is 7.65. The molecule has 0 aliphatic carbocycles. The number of anilines is 5. The monoisotopic (exact) mass is 502 g/mol. The summed E-state index contributed by atoms with van der Waals surface area (Å²) in [7, 11) is 0. The molecule has 3 heterocycles. The molecule has 0 saturated carbocycles. The first-order valence-corrected chi connectivity index (χ1v) is 13.0. The summed E-state index contributed by atoms with van der Waals surface area (Å²) in [5.74, 6) is 1.27. The first-order chi connectivity index (χ1) is 18.0. The van der Waals surface area contributed by atoms with Crippen LogP contribution in [-0.4, -0.2) is 58.2 Å². The topological polar surface area (TPSA) is 127 Å². The number of hydrogen-bond acceptors (Lipinski definition) is 9. The number of carbonyl (C=O) groups excluding carboxylic acids is 1. The Hall–Kier alpha value is -3.92. The van der Waals surface area contributed by atoms with Gasteiger partial charge in [-0.3, -0.25) is 4.79 Å². The van der Waals surface area contributed by atoms with E-state index in [4.69, 9.17) is 4.98 Å². The summed E-state index contributed by atoms with van der Waals surface area (Å²) in [4.78, 5) is 28.8. The molecule has 0 radical (unpaired) electrons. The zero-order chi connectivity index (χ0) is 25.6. The number of rotatable bonds is 7. The summed E-state index contributed by atoms with van der Waals surface area (Å²) in [5.41, 5.74) is 2.53. The number of nitrogens with one attached hydrogen (secondary N) is 4. The van der Waals surface area contributed by atoms with Gasteiger partial charge in [-0.25, -0.2) is 0 Å². The third-order valence-electron chi connectivity index (χ3n) is 6.75. The van der Waals surface area contributed by atoms with Crippen molar-refractivity contribution >= 4 is 35.1 Å². The van der Waals surface area contributed by atoms with Gasteiger partial charge >= 0.3 is 0 Å². The maximum atomic E-state index is 12.6. The Morgan fingerprint density at radius 1 is 0.973 bits per heavy atom. The van der Waals surface area contributed by atoms with Gasteiger partial charge in [-0.2, -0.15) is 15.0 Å². The van der Waals surface area contributed by atoms with Crippen LogP contribution in [0, 0.1) is 6.92 Å². The Morgan fingerprint density at radius 2 is 1.70 bits per heavy atom. The van der Waals surface area contributed by atoms with Gasteiger partial charge in [0.2, 0.25) is 17.8 Å². The average Bonchev–Trinajstić information content (AvgIpc) is 2.91. The minimum absolute atomic E-state index is 0.0520. The third-order valence-corrected chi connectivity index (χ3v) is 6.75. The molecule has 10 heteroatoms. The van der Waals surface area contributed by atoms with Crippen molar-refractivity contribution in [3.05, 3.63) is 53.6 Å². The van der Waals surface area contributed by atoms with Gasteiger partial charge < -0.3 is 31.3 Å². The van der Waals surface area contributed by atoms with Gasteiger partial charge in [0, 0.05) is 36.4 Å². The van der Waals surface area contributed by atoms with Crippen molar-refractivity contribution in [2.24, 2.45) is 0 Å². The van der Waals surface area contributed by atoms with E-state index in [1.807, 2.05) is 19.1 Å². The summed E-state index contributed by atoms with van der Waals surface area (Å²) in [6.07, 6.45) is 5.48. The van der Waals surface area contributed by atoms with Gasteiger partial charge in [0.05, 0.1) is 5.69 Å². The lowest BCUT2D eigenvalue weighted by Crippen LogP contribution is -2.36. The average molecular weight is 503 g/mol. The van der Waals surface area contributed by atoms with Crippen LogP contribution < -0.4 is 26.2 Å². The van der Waals surface area contributed by atoms with Gasteiger partial charge in [0.25, 0.3) is 5.91 Å². The molecule has 10 nitrogen and oxygen atoms in total. The van der Waals surface area contributed by atoms with Crippen LogP contribution in [0.25, 0.3) is 0 Å². The predicted octanol–water partition coefficient (Wildman–Crippen LogP) is 4.04. The molecule has 37 heavy (non-hydrogen) atoms. The maximum absolute atomic E-state index is 12.6. The Balaban J connectivity index is 1.33. The van der Waals surface area contributed by atoms with Gasteiger partial charge in [0.1, 0.15) is 5.75 Å². The molecule has 0 atom stereocenters. The fourth-order valence-electron chi connectivity index (χ4n) is 4.61. The molecular weight excluding hydrogens is 468 g/mol. The van der Waals surface area contributed by atoms with Crippen molar-refractivity contribution < 1.29 is 9.90 Å². The zero-order valence-corrected chi connectivity index (χ0v) is 21.1. The molecule has 1 aromatic heterocycles. The molecule has 0 bridgehead atoms. The van der Waals surface area contributed by atoms with Crippen molar-refractivity contribution in [3.8, 4) is 5.75 Å². The molecule has 194 valence electrons. The van der Waals surface area contributed by atoms with E-state index in [0.29, 0.717) is 40.8 Å². The molecule has 0 unspecified atom stereocenters. The highest BCUT2D eigenvalue weighted by molar-refractivity contribution is 6.05. The van der Waals surface area contributed by atoms with Crippen molar-refractivity contribution in [2.75, 3.05) is 47.0 Å². The molecule has 2 saturated heterocycles. The maximum Gasteiger partial charge on any atom is 0.255 e. The highest BCUT2D eigenvalue weighted by Crippen LogP contribution is 2.29. The van der Waals surface area contributed by atoms with Crippen LogP contribution in [0.4, 0.5) is 29.2 Å². The summed E-state index contributed by atoms with van der Waals surface area (Å²) in [6.45, 7) is 5.75. The van der Waals surface area contributed by atoms with Gasteiger partial charge in [-0.05, 0) is 76.4 Å². The van der Waals surface area contributed by atoms with E-state index in [1.54, 1.807) is 30.3 Å². The number of hydrogen-bond donors (Lipinski definition) is 5. The van der Waals surface area contributed by atoms with Crippen LogP contribution in [-0.2, 0) is 0 Å². The second-order valence-corrected chi connectivity index (χ2v) is 9.68. The smallest absolute Gasteiger partial charge is 0.255 e. The van der Waals surface area contributed by atoms with Gasteiger partial charge in [0.15, 0.2) is 0 Å². The molecule has 2 aliphatic heterocycles. The second kappa shape index (κ2) is 11.4. The Morgan fingerprint density at radius 3 is 2.43 bits per heavy atom. The van der Waals surface area contributed by atoms with Crippen molar-refractivity contribution in [3.63, 3.8) is 0 Å². The molecular formula is C27H34N8O2. The molecule has 2 aliphatic rings. The molecule has 2 aromatic carbocycles. The van der Waals surface area contributed by atoms with Crippen LogP contribution in [0.1, 0.15) is 48.0 Å². The van der Waals surface area contributed by atoms with Crippen molar-refractivity contribution in [2.45, 2.75) is 45.1 Å².